The van der Waals surface area contributed by atoms with Crippen LogP contribution < -0.4 is 16.4 Å². The zero-order valence-electron chi connectivity index (χ0n) is 13.4. The number of nitrogens with zero attached hydrogens (tertiary/aromatic N) is 1. The van der Waals surface area contributed by atoms with Crippen LogP contribution in [0, 0.1) is 0 Å². The van der Waals surface area contributed by atoms with Gasteiger partial charge in [-0.15, -0.1) is 24.0 Å². The number of rotatable bonds is 8. The van der Waals surface area contributed by atoms with Gasteiger partial charge in [0.2, 0.25) is 5.91 Å². The molecule has 1 rings (SSSR count). The van der Waals surface area contributed by atoms with E-state index in [1.807, 2.05) is 31.2 Å². The van der Waals surface area contributed by atoms with Crippen LogP contribution in [0.2, 0.25) is 0 Å². The van der Waals surface area contributed by atoms with Crippen molar-refractivity contribution in [3.8, 4) is 0 Å². The van der Waals surface area contributed by atoms with E-state index in [0.717, 1.165) is 37.1 Å². The average molecular weight is 418 g/mol. The van der Waals surface area contributed by atoms with Crippen molar-refractivity contribution in [3.05, 3.63) is 29.8 Å². The molecule has 0 aliphatic carbocycles. The predicted molar refractivity (Wildman–Crippen MR) is 104 cm³/mol. The maximum atomic E-state index is 11.6. The number of hydrogen-bond acceptors (Lipinski definition) is 2. The fraction of sp³-hybridized carbons (Fsp3) is 0.500. The smallest absolute Gasteiger partial charge is 0.224 e. The Hall–Kier alpha value is -1.31. The lowest BCUT2D eigenvalue weighted by Gasteiger charge is -2.07. The van der Waals surface area contributed by atoms with Crippen molar-refractivity contribution >= 4 is 41.5 Å². The molecule has 0 saturated carbocycles. The van der Waals surface area contributed by atoms with Crippen LogP contribution in [0.15, 0.2) is 29.3 Å². The number of carbonyl (C=O) groups excluding carboxylic acids is 1. The molecule has 124 valence electrons. The number of halogens is 1. The molecule has 0 bridgehead atoms. The Kier molecular flexibility index (Phi) is 11.5. The minimum atomic E-state index is 0. The Morgan fingerprint density at radius 3 is 2.73 bits per heavy atom. The summed E-state index contributed by atoms with van der Waals surface area (Å²) in [5, 5.41) is 5.95. The number of amides is 1. The fourth-order valence-corrected chi connectivity index (χ4v) is 1.82. The van der Waals surface area contributed by atoms with E-state index >= 15 is 0 Å². The quantitative estimate of drug-likeness (QED) is 0.263. The van der Waals surface area contributed by atoms with Crippen molar-refractivity contribution in [2.45, 2.75) is 46.1 Å². The van der Waals surface area contributed by atoms with Crippen LogP contribution >= 0.6 is 24.0 Å². The summed E-state index contributed by atoms with van der Waals surface area (Å²) < 4.78 is 0. The van der Waals surface area contributed by atoms with E-state index < -0.39 is 0 Å². The first-order chi connectivity index (χ1) is 10.2. The molecule has 1 amide bonds. The van der Waals surface area contributed by atoms with E-state index in [0.29, 0.717) is 18.9 Å². The first-order valence-corrected chi connectivity index (χ1v) is 7.58. The van der Waals surface area contributed by atoms with Crippen molar-refractivity contribution in [3.63, 3.8) is 0 Å². The first-order valence-electron chi connectivity index (χ1n) is 7.58. The van der Waals surface area contributed by atoms with Gasteiger partial charge in [-0.05, 0) is 30.5 Å². The summed E-state index contributed by atoms with van der Waals surface area (Å²) in [5.41, 5.74) is 7.61. The van der Waals surface area contributed by atoms with Crippen LogP contribution in [-0.4, -0.2) is 18.4 Å². The van der Waals surface area contributed by atoms with Crippen molar-refractivity contribution < 1.29 is 4.79 Å². The molecule has 0 saturated heterocycles. The Bertz CT molecular complexity index is 477. The Morgan fingerprint density at radius 1 is 1.27 bits per heavy atom. The highest BCUT2D eigenvalue weighted by Crippen LogP contribution is 2.12. The van der Waals surface area contributed by atoms with Crippen LogP contribution in [0.5, 0.6) is 0 Å². The molecule has 1 aromatic rings. The molecule has 0 heterocycles. The van der Waals surface area contributed by atoms with E-state index in [9.17, 15) is 4.79 Å². The number of guanidine groups is 1. The van der Waals surface area contributed by atoms with Crippen molar-refractivity contribution in [1.82, 2.24) is 5.32 Å². The molecule has 0 radical (unpaired) electrons. The molecular weight excluding hydrogens is 391 g/mol. The lowest BCUT2D eigenvalue weighted by atomic mass is 10.2. The van der Waals surface area contributed by atoms with Crippen LogP contribution in [-0.2, 0) is 11.3 Å². The third-order valence-electron chi connectivity index (χ3n) is 2.96. The summed E-state index contributed by atoms with van der Waals surface area (Å²) in [6.45, 7) is 5.47. The number of anilines is 1. The monoisotopic (exact) mass is 418 g/mol. The summed E-state index contributed by atoms with van der Waals surface area (Å²) in [7, 11) is 0. The molecule has 0 unspecified atom stereocenters. The van der Waals surface area contributed by atoms with Gasteiger partial charge < -0.3 is 16.4 Å². The minimum absolute atomic E-state index is 0. The summed E-state index contributed by atoms with van der Waals surface area (Å²) in [5.74, 6) is 0.503. The number of nitrogens with one attached hydrogen (secondary N) is 2. The largest absolute Gasteiger partial charge is 0.370 e. The second-order valence-electron chi connectivity index (χ2n) is 4.98. The number of aliphatic imine (C=N–C) groups is 1. The third kappa shape index (κ3) is 8.86. The van der Waals surface area contributed by atoms with E-state index in [2.05, 4.69) is 22.5 Å². The number of hydrogen-bond donors (Lipinski definition) is 3. The van der Waals surface area contributed by atoms with Crippen molar-refractivity contribution in [1.29, 1.82) is 0 Å². The topological polar surface area (TPSA) is 79.5 Å². The summed E-state index contributed by atoms with van der Waals surface area (Å²) in [6.07, 6.45) is 3.58. The minimum Gasteiger partial charge on any atom is -0.370 e. The van der Waals surface area contributed by atoms with Gasteiger partial charge in [0.1, 0.15) is 0 Å². The molecule has 0 aliphatic rings. The normalized spacial score (nSPS) is 10.7. The van der Waals surface area contributed by atoms with Gasteiger partial charge in [0, 0.05) is 18.7 Å². The number of nitrogens with two attached hydrogens (primary N) is 1. The van der Waals surface area contributed by atoms with Crippen LogP contribution in [0.1, 0.15) is 45.1 Å². The zero-order valence-corrected chi connectivity index (χ0v) is 15.7. The molecule has 0 aliphatic heterocycles. The lowest BCUT2D eigenvalue weighted by Crippen LogP contribution is -2.32. The maximum Gasteiger partial charge on any atom is 0.224 e. The number of carbonyl (C=O) groups is 1. The second kappa shape index (κ2) is 12.3. The molecular formula is C16H27IN4O. The SMILES string of the molecule is CCCCNC(N)=NCc1cccc(NC(=O)CCC)c1.I. The molecule has 6 heteroatoms. The van der Waals surface area contributed by atoms with Gasteiger partial charge in [-0.2, -0.15) is 0 Å². The molecule has 4 N–H and O–H groups in total. The standard InChI is InChI=1S/C16H26N4O.HI/c1-3-5-10-18-16(17)19-12-13-8-6-9-14(11-13)20-15(21)7-4-2;/h6,8-9,11H,3-5,7,10,12H2,1-2H3,(H,20,21)(H3,17,18,19);1H. The third-order valence-corrected chi connectivity index (χ3v) is 2.96. The maximum absolute atomic E-state index is 11.6. The summed E-state index contributed by atoms with van der Waals surface area (Å²) >= 11 is 0. The van der Waals surface area contributed by atoms with E-state index in [4.69, 9.17) is 5.73 Å². The summed E-state index contributed by atoms with van der Waals surface area (Å²) in [6, 6.07) is 7.69. The second-order valence-corrected chi connectivity index (χ2v) is 4.98. The highest BCUT2D eigenvalue weighted by molar-refractivity contribution is 14.0. The number of benzene rings is 1. The fourth-order valence-electron chi connectivity index (χ4n) is 1.82. The van der Waals surface area contributed by atoms with Gasteiger partial charge in [0.05, 0.1) is 6.54 Å². The van der Waals surface area contributed by atoms with Crippen molar-refractivity contribution in [2.75, 3.05) is 11.9 Å². The number of unbranched alkanes of at least 4 members (excludes halogenated alkanes) is 1. The van der Waals surface area contributed by atoms with E-state index in [1.54, 1.807) is 0 Å². The Labute approximate surface area is 150 Å². The van der Waals surface area contributed by atoms with Gasteiger partial charge >= 0.3 is 0 Å². The molecule has 0 spiro atoms. The highest BCUT2D eigenvalue weighted by Gasteiger charge is 2.01. The van der Waals surface area contributed by atoms with Gasteiger partial charge in [0.15, 0.2) is 5.96 Å². The lowest BCUT2D eigenvalue weighted by molar-refractivity contribution is -0.116. The van der Waals surface area contributed by atoms with Gasteiger partial charge in [-0.1, -0.05) is 32.4 Å². The van der Waals surface area contributed by atoms with Gasteiger partial charge in [0.25, 0.3) is 0 Å². The van der Waals surface area contributed by atoms with Crippen LogP contribution in [0.3, 0.4) is 0 Å². The van der Waals surface area contributed by atoms with Gasteiger partial charge in [-0.3, -0.25) is 4.79 Å². The van der Waals surface area contributed by atoms with Crippen LogP contribution in [0.25, 0.3) is 0 Å². The average Bonchev–Trinajstić information content (AvgIpc) is 2.46. The Morgan fingerprint density at radius 2 is 2.05 bits per heavy atom. The molecule has 0 atom stereocenters. The summed E-state index contributed by atoms with van der Waals surface area (Å²) in [4.78, 5) is 15.9. The van der Waals surface area contributed by atoms with Crippen molar-refractivity contribution in [2.24, 2.45) is 10.7 Å². The predicted octanol–water partition coefficient (Wildman–Crippen LogP) is 3.25. The van der Waals surface area contributed by atoms with E-state index in [1.165, 1.54) is 0 Å². The van der Waals surface area contributed by atoms with Gasteiger partial charge in [-0.25, -0.2) is 4.99 Å². The molecule has 22 heavy (non-hydrogen) atoms. The van der Waals surface area contributed by atoms with Crippen LogP contribution in [0.4, 0.5) is 5.69 Å². The highest BCUT2D eigenvalue weighted by atomic mass is 127. The first kappa shape index (κ1) is 20.7. The Balaban J connectivity index is 0.00000441. The molecule has 1 aromatic carbocycles. The van der Waals surface area contributed by atoms with E-state index in [-0.39, 0.29) is 29.9 Å². The molecule has 0 fully saturated rings. The molecule has 0 aromatic heterocycles. The zero-order chi connectivity index (χ0) is 15.5. The molecule has 5 nitrogen and oxygen atoms in total.